The van der Waals surface area contributed by atoms with Crippen LogP contribution in [0.1, 0.15) is 18.9 Å². The topological polar surface area (TPSA) is 53.1 Å². The Kier molecular flexibility index (Phi) is 4.72. The summed E-state index contributed by atoms with van der Waals surface area (Å²) in [5.74, 6) is 0.0267. The Bertz CT molecular complexity index is 645. The molecule has 20 heavy (non-hydrogen) atoms. The number of thiocarbonyl (C=S) groups is 1. The van der Waals surface area contributed by atoms with Crippen LogP contribution in [0.3, 0.4) is 0 Å². The first-order valence-electron chi connectivity index (χ1n) is 6.01. The van der Waals surface area contributed by atoms with Gasteiger partial charge in [0.1, 0.15) is 4.99 Å². The van der Waals surface area contributed by atoms with Crippen molar-refractivity contribution in [2.24, 2.45) is 5.73 Å². The standard InChI is InChI=1S/C13H13BrFN3OS/c1-2-5-18-7-8(6-17-18)19-10-4-3-9(13(16)20)11(14)12(10)15/h3-4,6-7H,2,5H2,1H3,(H2,16,20). The van der Waals surface area contributed by atoms with E-state index in [9.17, 15) is 4.39 Å². The highest BCUT2D eigenvalue weighted by Gasteiger charge is 2.15. The first-order chi connectivity index (χ1) is 9.52. The SMILES string of the molecule is CCCn1cc(Oc2ccc(C(N)=S)c(Br)c2F)cn1. The van der Waals surface area contributed by atoms with Crippen LogP contribution in [0.4, 0.5) is 4.39 Å². The van der Waals surface area contributed by atoms with Crippen molar-refractivity contribution in [3.05, 3.63) is 40.4 Å². The van der Waals surface area contributed by atoms with E-state index in [0.29, 0.717) is 11.3 Å². The zero-order valence-corrected chi connectivity index (χ0v) is 13.2. The molecule has 0 unspecified atom stereocenters. The minimum atomic E-state index is -0.543. The summed E-state index contributed by atoms with van der Waals surface area (Å²) in [6.07, 6.45) is 4.23. The Labute approximate surface area is 129 Å². The van der Waals surface area contributed by atoms with Gasteiger partial charge < -0.3 is 10.5 Å². The van der Waals surface area contributed by atoms with E-state index in [1.807, 2.05) is 6.92 Å². The molecule has 0 amide bonds. The average molecular weight is 358 g/mol. The lowest BCUT2D eigenvalue weighted by atomic mass is 10.2. The van der Waals surface area contributed by atoms with Gasteiger partial charge in [-0.05, 0) is 34.5 Å². The third-order valence-electron chi connectivity index (χ3n) is 2.60. The summed E-state index contributed by atoms with van der Waals surface area (Å²) in [7, 11) is 0. The highest BCUT2D eigenvalue weighted by molar-refractivity contribution is 9.10. The van der Waals surface area contributed by atoms with Crippen LogP contribution in [0.15, 0.2) is 29.0 Å². The minimum Gasteiger partial charge on any atom is -0.451 e. The molecule has 0 aliphatic rings. The van der Waals surface area contributed by atoms with Crippen molar-refractivity contribution in [3.8, 4) is 11.5 Å². The molecule has 0 saturated carbocycles. The number of hydrogen-bond donors (Lipinski definition) is 1. The molecule has 4 nitrogen and oxygen atoms in total. The fourth-order valence-corrected chi connectivity index (χ4v) is 2.52. The van der Waals surface area contributed by atoms with Gasteiger partial charge in [0.2, 0.25) is 0 Å². The molecule has 7 heteroatoms. The number of halogens is 2. The van der Waals surface area contributed by atoms with E-state index >= 15 is 0 Å². The van der Waals surface area contributed by atoms with Gasteiger partial charge in [-0.25, -0.2) is 4.39 Å². The predicted octanol–water partition coefficient (Wildman–Crippen LogP) is 3.62. The molecule has 1 aromatic heterocycles. The number of rotatable bonds is 5. The fraction of sp³-hybridized carbons (Fsp3) is 0.231. The van der Waals surface area contributed by atoms with E-state index in [0.717, 1.165) is 13.0 Å². The Morgan fingerprint density at radius 3 is 2.95 bits per heavy atom. The molecule has 1 heterocycles. The maximum absolute atomic E-state index is 14.1. The van der Waals surface area contributed by atoms with Crippen molar-refractivity contribution >= 4 is 33.1 Å². The van der Waals surface area contributed by atoms with E-state index in [2.05, 4.69) is 21.0 Å². The molecule has 0 aliphatic heterocycles. The molecule has 0 radical (unpaired) electrons. The van der Waals surface area contributed by atoms with Gasteiger partial charge in [0.15, 0.2) is 17.3 Å². The Morgan fingerprint density at radius 2 is 2.30 bits per heavy atom. The maximum atomic E-state index is 14.1. The van der Waals surface area contributed by atoms with Crippen LogP contribution in [-0.4, -0.2) is 14.8 Å². The van der Waals surface area contributed by atoms with E-state index in [1.54, 1.807) is 23.1 Å². The van der Waals surface area contributed by atoms with Crippen molar-refractivity contribution in [2.45, 2.75) is 19.9 Å². The van der Waals surface area contributed by atoms with Gasteiger partial charge in [-0.3, -0.25) is 4.68 Å². The summed E-state index contributed by atoms with van der Waals surface area (Å²) in [4.78, 5) is 0.123. The lowest BCUT2D eigenvalue weighted by Gasteiger charge is -2.08. The van der Waals surface area contributed by atoms with Gasteiger partial charge in [-0.1, -0.05) is 19.1 Å². The zero-order valence-electron chi connectivity index (χ0n) is 10.8. The highest BCUT2D eigenvalue weighted by atomic mass is 79.9. The molecule has 0 atom stereocenters. The monoisotopic (exact) mass is 357 g/mol. The minimum absolute atomic E-state index is 0.0907. The van der Waals surface area contributed by atoms with Crippen molar-refractivity contribution in [1.29, 1.82) is 0 Å². The van der Waals surface area contributed by atoms with Crippen LogP contribution in [-0.2, 0) is 6.54 Å². The maximum Gasteiger partial charge on any atom is 0.180 e. The highest BCUT2D eigenvalue weighted by Crippen LogP contribution is 2.31. The molecule has 2 N–H and O–H groups in total. The van der Waals surface area contributed by atoms with Crippen molar-refractivity contribution in [2.75, 3.05) is 0 Å². The average Bonchev–Trinajstić information content (AvgIpc) is 2.83. The van der Waals surface area contributed by atoms with E-state index < -0.39 is 5.82 Å². The third-order valence-corrected chi connectivity index (χ3v) is 3.60. The van der Waals surface area contributed by atoms with E-state index in [4.69, 9.17) is 22.7 Å². The zero-order chi connectivity index (χ0) is 14.7. The van der Waals surface area contributed by atoms with Crippen LogP contribution in [0, 0.1) is 5.82 Å². The third kappa shape index (κ3) is 3.16. The van der Waals surface area contributed by atoms with Crippen molar-refractivity contribution < 1.29 is 9.13 Å². The van der Waals surface area contributed by atoms with Gasteiger partial charge in [-0.2, -0.15) is 5.10 Å². The summed E-state index contributed by atoms with van der Waals surface area (Å²) in [5.41, 5.74) is 5.94. The lowest BCUT2D eigenvalue weighted by Crippen LogP contribution is -2.11. The number of aryl methyl sites for hydroxylation is 1. The summed E-state index contributed by atoms with van der Waals surface area (Å²) in [5, 5.41) is 4.12. The summed E-state index contributed by atoms with van der Waals surface area (Å²) in [6.45, 7) is 2.84. The summed E-state index contributed by atoms with van der Waals surface area (Å²) in [6, 6.07) is 3.10. The molecule has 106 valence electrons. The van der Waals surface area contributed by atoms with E-state index in [1.165, 1.54) is 6.07 Å². The smallest absolute Gasteiger partial charge is 0.180 e. The molecule has 0 bridgehead atoms. The van der Waals surface area contributed by atoms with Gasteiger partial charge in [0.05, 0.1) is 16.9 Å². The molecule has 1 aromatic carbocycles. The lowest BCUT2D eigenvalue weighted by molar-refractivity contribution is 0.439. The van der Waals surface area contributed by atoms with Crippen LogP contribution >= 0.6 is 28.1 Å². The van der Waals surface area contributed by atoms with Gasteiger partial charge in [0.25, 0.3) is 0 Å². The van der Waals surface area contributed by atoms with Crippen molar-refractivity contribution in [1.82, 2.24) is 9.78 Å². The van der Waals surface area contributed by atoms with Crippen LogP contribution in [0.25, 0.3) is 0 Å². The molecule has 0 fully saturated rings. The fourth-order valence-electron chi connectivity index (χ4n) is 1.68. The molecular formula is C13H13BrFN3OS. The van der Waals surface area contributed by atoms with Crippen LogP contribution in [0.5, 0.6) is 11.5 Å². The van der Waals surface area contributed by atoms with Crippen LogP contribution < -0.4 is 10.5 Å². The quantitative estimate of drug-likeness (QED) is 0.830. The first kappa shape index (κ1) is 14.9. The number of benzene rings is 1. The molecule has 0 spiro atoms. The molecule has 0 saturated heterocycles. The Morgan fingerprint density at radius 1 is 1.55 bits per heavy atom. The largest absolute Gasteiger partial charge is 0.451 e. The molecule has 0 aliphatic carbocycles. The Balaban J connectivity index is 2.25. The predicted molar refractivity (Wildman–Crippen MR) is 82.6 cm³/mol. The first-order valence-corrected chi connectivity index (χ1v) is 7.21. The molecule has 2 rings (SSSR count). The second-order valence-corrected chi connectivity index (χ2v) is 5.38. The number of nitrogens with two attached hydrogens (primary N) is 1. The molecule has 2 aromatic rings. The van der Waals surface area contributed by atoms with Crippen molar-refractivity contribution in [3.63, 3.8) is 0 Å². The van der Waals surface area contributed by atoms with Gasteiger partial charge in [0, 0.05) is 12.1 Å². The normalized spacial score (nSPS) is 10.6. The van der Waals surface area contributed by atoms with Gasteiger partial charge >= 0.3 is 0 Å². The van der Waals surface area contributed by atoms with Gasteiger partial charge in [-0.15, -0.1) is 0 Å². The van der Waals surface area contributed by atoms with E-state index in [-0.39, 0.29) is 15.2 Å². The van der Waals surface area contributed by atoms with Crippen LogP contribution in [0.2, 0.25) is 0 Å². The summed E-state index contributed by atoms with van der Waals surface area (Å²) >= 11 is 7.97. The number of nitrogens with zero attached hydrogens (tertiary/aromatic N) is 2. The second-order valence-electron chi connectivity index (χ2n) is 4.14. The number of hydrogen-bond acceptors (Lipinski definition) is 3. The molecular weight excluding hydrogens is 345 g/mol. The second kappa shape index (κ2) is 6.32. The Hall–Kier alpha value is -1.47. The number of ether oxygens (including phenoxy) is 1. The number of aromatic nitrogens is 2. The summed E-state index contributed by atoms with van der Waals surface area (Å²) < 4.78 is 21.6.